The fraction of sp³-hybridized carbons (Fsp3) is 0.0909. The summed E-state index contributed by atoms with van der Waals surface area (Å²) in [5.74, 6) is -1.43. The molecule has 0 aliphatic heterocycles. The summed E-state index contributed by atoms with van der Waals surface area (Å²) in [7, 11) is 2.85. The molecule has 228 valence electrons. The first-order chi connectivity index (χ1) is 21.9. The normalized spacial score (nSPS) is 10.7. The summed E-state index contributed by atoms with van der Waals surface area (Å²) >= 11 is 0. The van der Waals surface area contributed by atoms with Crippen LogP contribution in [0.3, 0.4) is 0 Å². The first-order valence-electron chi connectivity index (χ1n) is 13.4. The Morgan fingerprint density at radius 3 is 1.36 bits per heavy atom. The van der Waals surface area contributed by atoms with Crippen molar-refractivity contribution in [3.8, 4) is 23.0 Å². The smallest absolute Gasteiger partial charge is 0.343 e. The van der Waals surface area contributed by atoms with Crippen LogP contribution in [0.4, 0.5) is 0 Å². The van der Waals surface area contributed by atoms with Gasteiger partial charge in [0.1, 0.15) is 6.42 Å². The van der Waals surface area contributed by atoms with Gasteiger partial charge in [-0.1, -0.05) is 36.4 Å². The highest BCUT2D eigenvalue weighted by Crippen LogP contribution is 2.29. The number of carbonyl (C=O) groups is 4. The van der Waals surface area contributed by atoms with Crippen LogP contribution in [0.15, 0.2) is 107 Å². The Morgan fingerprint density at radius 1 is 0.578 bits per heavy atom. The van der Waals surface area contributed by atoms with E-state index in [0.29, 0.717) is 22.3 Å². The third-order valence-corrected chi connectivity index (χ3v) is 5.93. The summed E-state index contributed by atoms with van der Waals surface area (Å²) in [6.07, 6.45) is 2.14. The largest absolute Gasteiger partial charge is 0.493 e. The molecule has 0 heterocycles. The van der Waals surface area contributed by atoms with Gasteiger partial charge in [0.05, 0.1) is 37.8 Å². The fourth-order valence-corrected chi connectivity index (χ4v) is 3.75. The van der Waals surface area contributed by atoms with Gasteiger partial charge in [0.2, 0.25) is 11.8 Å². The molecule has 0 aromatic heterocycles. The molecule has 0 aliphatic rings. The Morgan fingerprint density at radius 2 is 0.978 bits per heavy atom. The summed E-state index contributed by atoms with van der Waals surface area (Å²) < 4.78 is 21.4. The predicted octanol–water partition coefficient (Wildman–Crippen LogP) is 4.13. The summed E-state index contributed by atoms with van der Waals surface area (Å²) in [4.78, 5) is 49.0. The molecule has 0 aliphatic carbocycles. The van der Waals surface area contributed by atoms with Crippen LogP contribution in [0.1, 0.15) is 38.3 Å². The van der Waals surface area contributed by atoms with Gasteiger partial charge in [0.25, 0.3) is 0 Å². The number of hydrogen-bond donors (Lipinski definition) is 2. The molecular weight excluding hydrogens is 580 g/mol. The Labute approximate surface area is 258 Å². The SMILES string of the molecule is COc1cc(C=NNC(=O)CC(=O)NN=Cc2ccc(OC(=O)c3ccccc3)c(OC)c2)ccc1OC(=O)c1ccccc1. The van der Waals surface area contributed by atoms with Crippen molar-refractivity contribution in [3.63, 3.8) is 0 Å². The van der Waals surface area contributed by atoms with Gasteiger partial charge >= 0.3 is 11.9 Å². The van der Waals surface area contributed by atoms with Crippen LogP contribution in [0, 0.1) is 0 Å². The molecule has 12 nitrogen and oxygen atoms in total. The van der Waals surface area contributed by atoms with Crippen molar-refractivity contribution in [2.45, 2.75) is 6.42 Å². The third kappa shape index (κ3) is 9.35. The van der Waals surface area contributed by atoms with Gasteiger partial charge in [-0.3, -0.25) is 9.59 Å². The minimum absolute atomic E-state index is 0.214. The quantitative estimate of drug-likeness (QED) is 0.0800. The molecule has 4 aromatic rings. The van der Waals surface area contributed by atoms with Crippen LogP contribution in [-0.2, 0) is 9.59 Å². The maximum absolute atomic E-state index is 12.3. The summed E-state index contributed by atoms with van der Waals surface area (Å²) in [6.45, 7) is 0. The van der Waals surface area contributed by atoms with Crippen molar-refractivity contribution in [2.75, 3.05) is 14.2 Å². The van der Waals surface area contributed by atoms with Crippen molar-refractivity contribution in [1.82, 2.24) is 10.9 Å². The van der Waals surface area contributed by atoms with Crippen molar-refractivity contribution in [1.29, 1.82) is 0 Å². The van der Waals surface area contributed by atoms with Gasteiger partial charge in [0, 0.05) is 0 Å². The molecule has 45 heavy (non-hydrogen) atoms. The molecule has 2 amide bonds. The number of nitrogens with zero attached hydrogens (tertiary/aromatic N) is 2. The molecule has 0 spiro atoms. The Hall–Kier alpha value is -6.30. The second-order valence-corrected chi connectivity index (χ2v) is 9.09. The third-order valence-electron chi connectivity index (χ3n) is 5.93. The molecule has 0 radical (unpaired) electrons. The van der Waals surface area contributed by atoms with Crippen molar-refractivity contribution in [2.24, 2.45) is 10.2 Å². The monoisotopic (exact) mass is 608 g/mol. The zero-order valence-corrected chi connectivity index (χ0v) is 24.3. The van der Waals surface area contributed by atoms with Crippen LogP contribution in [0.5, 0.6) is 23.0 Å². The maximum Gasteiger partial charge on any atom is 0.343 e. The lowest BCUT2D eigenvalue weighted by Gasteiger charge is -2.10. The van der Waals surface area contributed by atoms with Crippen LogP contribution >= 0.6 is 0 Å². The van der Waals surface area contributed by atoms with Gasteiger partial charge in [-0.15, -0.1) is 0 Å². The number of esters is 2. The van der Waals surface area contributed by atoms with Crippen LogP contribution in [-0.4, -0.2) is 50.4 Å². The molecule has 0 atom stereocenters. The van der Waals surface area contributed by atoms with Gasteiger partial charge in [-0.05, 0) is 71.8 Å². The molecule has 0 bridgehead atoms. The van der Waals surface area contributed by atoms with Gasteiger partial charge in [0.15, 0.2) is 23.0 Å². The van der Waals surface area contributed by atoms with Gasteiger partial charge in [-0.2, -0.15) is 10.2 Å². The summed E-state index contributed by atoms with van der Waals surface area (Å²) in [6, 6.07) is 26.5. The van der Waals surface area contributed by atoms with E-state index in [1.165, 1.54) is 38.8 Å². The highest BCUT2D eigenvalue weighted by atomic mass is 16.6. The minimum atomic E-state index is -0.675. The van der Waals surface area contributed by atoms with E-state index in [0.717, 1.165) is 0 Å². The Bertz CT molecular complexity index is 1600. The molecule has 0 unspecified atom stereocenters. The van der Waals surface area contributed by atoms with Crippen molar-refractivity contribution < 1.29 is 38.1 Å². The van der Waals surface area contributed by atoms with E-state index in [1.54, 1.807) is 84.9 Å². The average molecular weight is 609 g/mol. The highest BCUT2D eigenvalue weighted by Gasteiger charge is 2.14. The molecule has 4 rings (SSSR count). The molecule has 4 aromatic carbocycles. The molecule has 0 saturated heterocycles. The molecule has 2 N–H and O–H groups in total. The van der Waals surface area contributed by atoms with Crippen LogP contribution < -0.4 is 29.8 Å². The second-order valence-electron chi connectivity index (χ2n) is 9.09. The number of hydrazone groups is 2. The highest BCUT2D eigenvalue weighted by molar-refractivity contribution is 5.97. The number of amides is 2. The number of carbonyl (C=O) groups excluding carboxylic acids is 4. The first kappa shape index (κ1) is 31.6. The first-order valence-corrected chi connectivity index (χ1v) is 13.4. The summed E-state index contributed by atoms with van der Waals surface area (Å²) in [5, 5.41) is 7.69. The topological polar surface area (TPSA) is 154 Å². The number of methoxy groups -OCH3 is 2. The molecule has 0 saturated carbocycles. The van der Waals surface area contributed by atoms with E-state index in [2.05, 4.69) is 21.1 Å². The Kier molecular flexibility index (Phi) is 11.1. The zero-order valence-electron chi connectivity index (χ0n) is 24.3. The lowest BCUT2D eigenvalue weighted by atomic mass is 10.2. The number of ether oxygens (including phenoxy) is 4. The van der Waals surface area contributed by atoms with E-state index in [4.69, 9.17) is 18.9 Å². The van der Waals surface area contributed by atoms with E-state index in [1.807, 2.05) is 0 Å². The molecule has 0 fully saturated rings. The number of benzene rings is 4. The maximum atomic E-state index is 12.3. The Balaban J connectivity index is 1.25. The minimum Gasteiger partial charge on any atom is -0.493 e. The van der Waals surface area contributed by atoms with E-state index < -0.39 is 30.2 Å². The lowest BCUT2D eigenvalue weighted by molar-refractivity contribution is -0.129. The van der Waals surface area contributed by atoms with E-state index >= 15 is 0 Å². The predicted molar refractivity (Wildman–Crippen MR) is 165 cm³/mol. The van der Waals surface area contributed by atoms with Crippen LogP contribution in [0.25, 0.3) is 0 Å². The van der Waals surface area contributed by atoms with E-state index in [-0.39, 0.29) is 23.0 Å². The fourth-order valence-electron chi connectivity index (χ4n) is 3.75. The van der Waals surface area contributed by atoms with Crippen molar-refractivity contribution in [3.05, 3.63) is 119 Å². The van der Waals surface area contributed by atoms with Gasteiger partial charge < -0.3 is 18.9 Å². The lowest BCUT2D eigenvalue weighted by Crippen LogP contribution is -2.27. The molecule has 12 heteroatoms. The van der Waals surface area contributed by atoms with Crippen LogP contribution in [0.2, 0.25) is 0 Å². The standard InChI is InChI=1S/C33H28N4O8/c1-42-28-17-22(13-15-26(28)44-32(40)24-9-5-3-6-10-24)20-34-36-30(38)19-31(39)37-35-21-23-14-16-27(29(18-23)43-2)45-33(41)25-11-7-4-8-12-25/h3-18,20-21H,19H2,1-2H3,(H,36,38)(H,37,39). The van der Waals surface area contributed by atoms with Gasteiger partial charge in [-0.25, -0.2) is 20.4 Å². The summed E-state index contributed by atoms with van der Waals surface area (Å²) in [5.41, 5.74) is 6.37. The number of rotatable bonds is 12. The molecular formula is C33H28N4O8. The zero-order chi connectivity index (χ0) is 32.0. The van der Waals surface area contributed by atoms with Crippen molar-refractivity contribution >= 4 is 36.2 Å². The number of hydrogen-bond acceptors (Lipinski definition) is 10. The average Bonchev–Trinajstić information content (AvgIpc) is 3.06. The van der Waals surface area contributed by atoms with E-state index in [9.17, 15) is 19.2 Å². The number of nitrogens with one attached hydrogen (secondary N) is 2. The second kappa shape index (κ2) is 15.8.